The molecule has 0 unspecified atom stereocenters. The van der Waals surface area contributed by atoms with Crippen LogP contribution in [-0.2, 0) is 14.1 Å². The van der Waals surface area contributed by atoms with E-state index >= 15 is 0 Å². The maximum Gasteiger partial charge on any atom is 0.491 e. The SMILES string of the molecule is CC(=O)SCC(=Cc1ccc(C)cc1C=O)B1OC(C)(C)C(C)(C)O1. The van der Waals surface area contributed by atoms with Gasteiger partial charge in [-0.2, -0.15) is 0 Å². The van der Waals surface area contributed by atoms with E-state index in [0.29, 0.717) is 11.3 Å². The number of benzene rings is 1. The van der Waals surface area contributed by atoms with Crippen molar-refractivity contribution < 1.29 is 18.9 Å². The Morgan fingerprint density at radius 2 is 1.76 bits per heavy atom. The zero-order valence-electron chi connectivity index (χ0n) is 15.7. The van der Waals surface area contributed by atoms with Crippen molar-refractivity contribution in [2.24, 2.45) is 0 Å². The van der Waals surface area contributed by atoms with Crippen LogP contribution >= 0.6 is 11.8 Å². The monoisotopic (exact) mass is 360 g/mol. The molecule has 0 radical (unpaired) electrons. The molecule has 1 aliphatic rings. The zero-order valence-corrected chi connectivity index (χ0v) is 16.5. The fraction of sp³-hybridized carbons (Fsp3) is 0.474. The first-order chi connectivity index (χ1) is 11.6. The van der Waals surface area contributed by atoms with E-state index in [4.69, 9.17) is 9.31 Å². The molecule has 1 aromatic carbocycles. The van der Waals surface area contributed by atoms with Crippen LogP contribution in [0.4, 0.5) is 0 Å². The Bertz CT molecular complexity index is 693. The molecule has 4 nitrogen and oxygen atoms in total. The minimum absolute atomic E-state index is 0.0296. The lowest BCUT2D eigenvalue weighted by Crippen LogP contribution is -2.41. The highest BCUT2D eigenvalue weighted by Gasteiger charge is 2.52. The Labute approximate surface area is 154 Å². The molecular formula is C19H25BO4S. The lowest BCUT2D eigenvalue weighted by atomic mass is 9.78. The summed E-state index contributed by atoms with van der Waals surface area (Å²) in [6, 6.07) is 5.71. The third-order valence-electron chi connectivity index (χ3n) is 4.71. The van der Waals surface area contributed by atoms with Crippen LogP contribution in [0, 0.1) is 6.92 Å². The summed E-state index contributed by atoms with van der Waals surface area (Å²) in [7, 11) is -0.544. The van der Waals surface area contributed by atoms with Crippen molar-refractivity contribution >= 4 is 36.4 Å². The van der Waals surface area contributed by atoms with Gasteiger partial charge in [-0.25, -0.2) is 0 Å². The molecule has 25 heavy (non-hydrogen) atoms. The Morgan fingerprint density at radius 1 is 1.16 bits per heavy atom. The van der Waals surface area contributed by atoms with Gasteiger partial charge in [0.1, 0.15) is 0 Å². The van der Waals surface area contributed by atoms with E-state index in [1.54, 1.807) is 0 Å². The van der Waals surface area contributed by atoms with E-state index in [0.717, 1.165) is 22.9 Å². The van der Waals surface area contributed by atoms with Crippen LogP contribution in [0.5, 0.6) is 0 Å². The van der Waals surface area contributed by atoms with Crippen LogP contribution in [0.1, 0.15) is 56.1 Å². The Hall–Kier alpha value is -1.37. The van der Waals surface area contributed by atoms with Crippen molar-refractivity contribution in [2.75, 3.05) is 5.75 Å². The zero-order chi connectivity index (χ0) is 18.8. The molecule has 0 aliphatic carbocycles. The number of hydrogen-bond donors (Lipinski definition) is 0. The van der Waals surface area contributed by atoms with Gasteiger partial charge >= 0.3 is 7.12 Å². The lowest BCUT2D eigenvalue weighted by molar-refractivity contribution is -0.109. The summed E-state index contributed by atoms with van der Waals surface area (Å²) in [6.45, 7) is 11.4. The molecule has 1 fully saturated rings. The van der Waals surface area contributed by atoms with Crippen LogP contribution in [0.2, 0.25) is 0 Å². The van der Waals surface area contributed by atoms with Crippen molar-refractivity contribution in [1.29, 1.82) is 0 Å². The fourth-order valence-corrected chi connectivity index (χ4v) is 3.07. The fourth-order valence-electron chi connectivity index (χ4n) is 2.48. The van der Waals surface area contributed by atoms with E-state index in [1.807, 2.05) is 58.9 Å². The molecule has 0 atom stereocenters. The highest BCUT2D eigenvalue weighted by molar-refractivity contribution is 8.13. The molecule has 134 valence electrons. The maximum absolute atomic E-state index is 11.4. The Morgan fingerprint density at radius 3 is 2.28 bits per heavy atom. The molecule has 2 rings (SSSR count). The first-order valence-corrected chi connectivity index (χ1v) is 9.29. The largest absolute Gasteiger partial charge is 0.491 e. The van der Waals surface area contributed by atoms with Gasteiger partial charge in [-0.3, -0.25) is 9.59 Å². The predicted molar refractivity (Wildman–Crippen MR) is 104 cm³/mol. The van der Waals surface area contributed by atoms with E-state index in [-0.39, 0.29) is 5.12 Å². The Kier molecular flexibility index (Phi) is 5.97. The highest BCUT2D eigenvalue weighted by Crippen LogP contribution is 2.39. The van der Waals surface area contributed by atoms with E-state index in [1.165, 1.54) is 18.7 Å². The summed E-state index contributed by atoms with van der Waals surface area (Å²) in [5, 5.41) is 0.0296. The van der Waals surface area contributed by atoms with Gasteiger partial charge in [0, 0.05) is 18.2 Å². The van der Waals surface area contributed by atoms with Gasteiger partial charge in [0.15, 0.2) is 11.4 Å². The molecule has 0 N–H and O–H groups in total. The maximum atomic E-state index is 11.4. The van der Waals surface area contributed by atoms with Gasteiger partial charge in [0.05, 0.1) is 11.2 Å². The average Bonchev–Trinajstić information content (AvgIpc) is 2.72. The van der Waals surface area contributed by atoms with E-state index in [9.17, 15) is 9.59 Å². The molecule has 0 spiro atoms. The van der Waals surface area contributed by atoms with Crippen molar-refractivity contribution in [2.45, 2.75) is 52.7 Å². The standard InChI is InChI=1S/C19H25BO4S/c1-13-7-8-15(16(9-13)11-21)10-17(12-25-14(2)22)20-23-18(3,4)19(5,6)24-20/h7-11H,12H2,1-6H3. The van der Waals surface area contributed by atoms with Gasteiger partial charge in [0.25, 0.3) is 0 Å². The topological polar surface area (TPSA) is 52.6 Å². The van der Waals surface area contributed by atoms with E-state index in [2.05, 4.69) is 0 Å². The normalized spacial score (nSPS) is 19.1. The molecule has 1 aliphatic heterocycles. The minimum atomic E-state index is -0.544. The number of aldehydes is 1. The molecular weight excluding hydrogens is 335 g/mol. The van der Waals surface area contributed by atoms with Gasteiger partial charge in [-0.15, -0.1) is 0 Å². The van der Waals surface area contributed by atoms with Crippen LogP contribution in [0.25, 0.3) is 6.08 Å². The third kappa shape index (κ3) is 4.63. The summed E-state index contributed by atoms with van der Waals surface area (Å²) < 4.78 is 12.2. The van der Waals surface area contributed by atoms with Gasteiger partial charge in [-0.1, -0.05) is 35.5 Å². The first-order valence-electron chi connectivity index (χ1n) is 8.31. The number of aryl methyl sites for hydroxylation is 1. The number of carbonyl (C=O) groups is 2. The summed E-state index contributed by atoms with van der Waals surface area (Å²) >= 11 is 1.21. The van der Waals surface area contributed by atoms with Gasteiger partial charge in [-0.05, 0) is 51.7 Å². The lowest BCUT2D eigenvalue weighted by Gasteiger charge is -2.32. The molecule has 0 bridgehead atoms. The quantitative estimate of drug-likeness (QED) is 0.584. The molecule has 0 amide bonds. The van der Waals surface area contributed by atoms with Crippen molar-refractivity contribution in [3.05, 3.63) is 40.4 Å². The van der Waals surface area contributed by atoms with Crippen molar-refractivity contribution in [3.8, 4) is 0 Å². The first kappa shape index (κ1) is 20.0. The molecule has 1 aromatic rings. The summed E-state index contributed by atoms with van der Waals surface area (Å²) in [5.41, 5.74) is 2.35. The second-order valence-electron chi connectivity index (χ2n) is 7.34. The van der Waals surface area contributed by atoms with Crippen LogP contribution in [0.15, 0.2) is 23.7 Å². The number of thioether (sulfide) groups is 1. The molecule has 1 saturated heterocycles. The van der Waals surface area contributed by atoms with Crippen LogP contribution in [0.3, 0.4) is 0 Å². The third-order valence-corrected chi connectivity index (χ3v) is 5.59. The summed E-state index contributed by atoms with van der Waals surface area (Å²) in [6.07, 6.45) is 2.75. The predicted octanol–water partition coefficient (Wildman–Crippen LogP) is 4.10. The van der Waals surface area contributed by atoms with Crippen molar-refractivity contribution in [3.63, 3.8) is 0 Å². The Balaban J connectivity index is 2.40. The summed E-state index contributed by atoms with van der Waals surface area (Å²) in [4.78, 5) is 22.8. The molecule has 1 heterocycles. The number of rotatable bonds is 5. The van der Waals surface area contributed by atoms with Crippen LogP contribution in [-0.4, -0.2) is 35.5 Å². The minimum Gasteiger partial charge on any atom is -0.400 e. The molecule has 0 saturated carbocycles. The van der Waals surface area contributed by atoms with Crippen molar-refractivity contribution in [1.82, 2.24) is 0 Å². The summed E-state index contributed by atoms with van der Waals surface area (Å²) in [5.74, 6) is 0.457. The second-order valence-corrected chi connectivity index (χ2v) is 8.49. The number of hydrogen-bond acceptors (Lipinski definition) is 5. The average molecular weight is 360 g/mol. The highest BCUT2D eigenvalue weighted by atomic mass is 32.2. The smallest absolute Gasteiger partial charge is 0.400 e. The second kappa shape index (κ2) is 7.48. The van der Waals surface area contributed by atoms with Gasteiger partial charge < -0.3 is 9.31 Å². The van der Waals surface area contributed by atoms with E-state index < -0.39 is 18.3 Å². The number of carbonyl (C=O) groups excluding carboxylic acids is 2. The molecule has 6 heteroatoms. The van der Waals surface area contributed by atoms with Crippen LogP contribution < -0.4 is 0 Å². The van der Waals surface area contributed by atoms with Gasteiger partial charge in [0.2, 0.25) is 0 Å². The molecule has 0 aromatic heterocycles.